The Morgan fingerprint density at radius 2 is 2.50 bits per heavy atom. The SMILES string of the molecule is CN1CCO[C@H](CNC(=O)c2ccc(N)nc2)C1. The molecule has 3 N–H and O–H groups in total. The number of rotatable bonds is 3. The second-order valence-electron chi connectivity index (χ2n) is 4.44. The van der Waals surface area contributed by atoms with Crippen LogP contribution in [0.25, 0.3) is 0 Å². The van der Waals surface area contributed by atoms with Crippen LogP contribution in [0.1, 0.15) is 10.4 Å². The molecule has 2 heterocycles. The number of carbonyl (C=O) groups excluding carboxylic acids is 1. The van der Waals surface area contributed by atoms with Gasteiger partial charge >= 0.3 is 0 Å². The lowest BCUT2D eigenvalue weighted by Crippen LogP contribution is -2.45. The maximum Gasteiger partial charge on any atom is 0.252 e. The molecule has 98 valence electrons. The van der Waals surface area contributed by atoms with E-state index in [9.17, 15) is 4.79 Å². The van der Waals surface area contributed by atoms with Crippen molar-refractivity contribution in [1.82, 2.24) is 15.2 Å². The molecule has 1 atom stereocenters. The molecule has 18 heavy (non-hydrogen) atoms. The largest absolute Gasteiger partial charge is 0.384 e. The number of nitrogens with one attached hydrogen (secondary N) is 1. The van der Waals surface area contributed by atoms with E-state index >= 15 is 0 Å². The molecule has 0 aliphatic carbocycles. The van der Waals surface area contributed by atoms with Gasteiger partial charge in [0, 0.05) is 25.8 Å². The Morgan fingerprint density at radius 1 is 1.67 bits per heavy atom. The Kier molecular flexibility index (Phi) is 4.11. The molecule has 6 heteroatoms. The first kappa shape index (κ1) is 12.8. The highest BCUT2D eigenvalue weighted by Gasteiger charge is 2.18. The van der Waals surface area contributed by atoms with E-state index in [1.54, 1.807) is 12.1 Å². The zero-order chi connectivity index (χ0) is 13.0. The van der Waals surface area contributed by atoms with E-state index in [0.717, 1.165) is 13.1 Å². The fourth-order valence-electron chi connectivity index (χ4n) is 1.84. The monoisotopic (exact) mass is 250 g/mol. The van der Waals surface area contributed by atoms with Crippen molar-refractivity contribution in [1.29, 1.82) is 0 Å². The van der Waals surface area contributed by atoms with Crippen LogP contribution >= 0.6 is 0 Å². The number of aromatic nitrogens is 1. The van der Waals surface area contributed by atoms with E-state index in [-0.39, 0.29) is 12.0 Å². The second-order valence-corrected chi connectivity index (χ2v) is 4.44. The molecule has 1 aliphatic rings. The Hall–Kier alpha value is -1.66. The van der Waals surface area contributed by atoms with Gasteiger partial charge in [0.25, 0.3) is 5.91 Å². The van der Waals surface area contributed by atoms with Crippen molar-refractivity contribution in [2.75, 3.05) is 39.0 Å². The van der Waals surface area contributed by atoms with Gasteiger partial charge in [0.1, 0.15) is 5.82 Å². The lowest BCUT2D eigenvalue weighted by molar-refractivity contribution is -0.0175. The smallest absolute Gasteiger partial charge is 0.252 e. The molecule has 1 aliphatic heterocycles. The number of amides is 1. The zero-order valence-electron chi connectivity index (χ0n) is 10.4. The summed E-state index contributed by atoms with van der Waals surface area (Å²) >= 11 is 0. The molecule has 1 aromatic rings. The van der Waals surface area contributed by atoms with Gasteiger partial charge in [-0.05, 0) is 19.2 Å². The van der Waals surface area contributed by atoms with Crippen LogP contribution in [-0.2, 0) is 4.74 Å². The van der Waals surface area contributed by atoms with Crippen LogP contribution < -0.4 is 11.1 Å². The van der Waals surface area contributed by atoms with Crippen LogP contribution in [-0.4, -0.2) is 55.2 Å². The summed E-state index contributed by atoms with van der Waals surface area (Å²) in [5, 5.41) is 2.84. The Morgan fingerprint density at radius 3 is 3.17 bits per heavy atom. The molecule has 0 radical (unpaired) electrons. The average Bonchev–Trinajstić information content (AvgIpc) is 2.37. The molecule has 0 unspecified atom stereocenters. The van der Waals surface area contributed by atoms with E-state index in [1.165, 1.54) is 6.20 Å². The number of morpholine rings is 1. The molecule has 1 amide bonds. The minimum atomic E-state index is -0.153. The topological polar surface area (TPSA) is 80.5 Å². The Labute approximate surface area is 106 Å². The minimum absolute atomic E-state index is 0.0504. The van der Waals surface area contributed by atoms with Crippen LogP contribution in [0.2, 0.25) is 0 Å². The molecule has 1 aromatic heterocycles. The molecule has 1 fully saturated rings. The quantitative estimate of drug-likeness (QED) is 0.771. The molecule has 0 aromatic carbocycles. The summed E-state index contributed by atoms with van der Waals surface area (Å²) in [5.41, 5.74) is 5.97. The Bertz CT molecular complexity index is 407. The van der Waals surface area contributed by atoms with Gasteiger partial charge in [-0.3, -0.25) is 4.79 Å². The van der Waals surface area contributed by atoms with Gasteiger partial charge < -0.3 is 20.7 Å². The zero-order valence-corrected chi connectivity index (χ0v) is 10.4. The Balaban J connectivity index is 1.82. The van der Waals surface area contributed by atoms with Crippen molar-refractivity contribution >= 4 is 11.7 Å². The summed E-state index contributed by atoms with van der Waals surface area (Å²) in [5.74, 6) is 0.253. The standard InChI is InChI=1S/C12H18N4O2/c1-16-4-5-18-10(8-16)7-15-12(17)9-2-3-11(13)14-6-9/h2-3,6,10H,4-5,7-8H2,1H3,(H2,13,14)(H,15,17)/t10-/m1/s1. The van der Waals surface area contributed by atoms with Gasteiger partial charge in [-0.2, -0.15) is 0 Å². The van der Waals surface area contributed by atoms with E-state index in [0.29, 0.717) is 24.5 Å². The van der Waals surface area contributed by atoms with Crippen LogP contribution in [0.3, 0.4) is 0 Å². The van der Waals surface area contributed by atoms with Gasteiger partial charge in [0.05, 0.1) is 18.3 Å². The van der Waals surface area contributed by atoms with Gasteiger partial charge in [-0.25, -0.2) is 4.98 Å². The van der Waals surface area contributed by atoms with Crippen LogP contribution in [0.5, 0.6) is 0 Å². The maximum absolute atomic E-state index is 11.8. The van der Waals surface area contributed by atoms with E-state index in [1.807, 2.05) is 7.05 Å². The van der Waals surface area contributed by atoms with Crippen molar-refractivity contribution in [2.45, 2.75) is 6.10 Å². The van der Waals surface area contributed by atoms with Gasteiger partial charge in [0.2, 0.25) is 0 Å². The third kappa shape index (κ3) is 3.41. The molecule has 6 nitrogen and oxygen atoms in total. The van der Waals surface area contributed by atoms with Crippen LogP contribution in [0, 0.1) is 0 Å². The third-order valence-corrected chi connectivity index (χ3v) is 2.88. The summed E-state index contributed by atoms with van der Waals surface area (Å²) < 4.78 is 5.56. The maximum atomic E-state index is 11.8. The number of nitrogens with zero attached hydrogens (tertiary/aromatic N) is 2. The van der Waals surface area contributed by atoms with Crippen molar-refractivity contribution in [3.05, 3.63) is 23.9 Å². The van der Waals surface area contributed by atoms with Crippen molar-refractivity contribution in [2.24, 2.45) is 0 Å². The van der Waals surface area contributed by atoms with Crippen LogP contribution in [0.4, 0.5) is 5.82 Å². The molecule has 2 rings (SSSR count). The van der Waals surface area contributed by atoms with Gasteiger partial charge in [0.15, 0.2) is 0 Å². The third-order valence-electron chi connectivity index (χ3n) is 2.88. The van der Waals surface area contributed by atoms with Crippen molar-refractivity contribution < 1.29 is 9.53 Å². The number of nitrogen functional groups attached to an aromatic ring is 1. The highest BCUT2D eigenvalue weighted by Crippen LogP contribution is 2.03. The summed E-state index contributed by atoms with van der Waals surface area (Å²) in [6, 6.07) is 3.27. The summed E-state index contributed by atoms with van der Waals surface area (Å²) in [6.07, 6.45) is 1.52. The first-order valence-corrected chi connectivity index (χ1v) is 5.95. The lowest BCUT2D eigenvalue weighted by Gasteiger charge is -2.30. The molecular formula is C12H18N4O2. The number of likely N-dealkylation sites (N-methyl/N-ethyl adjacent to an activating group) is 1. The predicted octanol–water partition coefficient (Wildman–Crippen LogP) is -0.276. The van der Waals surface area contributed by atoms with Gasteiger partial charge in [-0.1, -0.05) is 0 Å². The molecular weight excluding hydrogens is 232 g/mol. The highest BCUT2D eigenvalue weighted by atomic mass is 16.5. The van der Waals surface area contributed by atoms with Gasteiger partial charge in [-0.15, -0.1) is 0 Å². The number of ether oxygens (including phenoxy) is 1. The molecule has 0 spiro atoms. The lowest BCUT2D eigenvalue weighted by atomic mass is 10.2. The minimum Gasteiger partial charge on any atom is -0.384 e. The first-order valence-electron chi connectivity index (χ1n) is 5.95. The number of hydrogen-bond acceptors (Lipinski definition) is 5. The highest BCUT2D eigenvalue weighted by molar-refractivity contribution is 5.94. The number of nitrogens with two attached hydrogens (primary N) is 1. The number of anilines is 1. The van der Waals surface area contributed by atoms with E-state index in [4.69, 9.17) is 10.5 Å². The van der Waals surface area contributed by atoms with Crippen molar-refractivity contribution in [3.8, 4) is 0 Å². The molecule has 1 saturated heterocycles. The predicted molar refractivity (Wildman–Crippen MR) is 68.2 cm³/mol. The van der Waals surface area contributed by atoms with Crippen molar-refractivity contribution in [3.63, 3.8) is 0 Å². The molecule has 0 bridgehead atoms. The number of carbonyl (C=O) groups is 1. The van der Waals surface area contributed by atoms with E-state index in [2.05, 4.69) is 15.2 Å². The van der Waals surface area contributed by atoms with Crippen LogP contribution in [0.15, 0.2) is 18.3 Å². The second kappa shape index (κ2) is 5.79. The normalized spacial score (nSPS) is 20.6. The summed E-state index contributed by atoms with van der Waals surface area (Å²) in [6.45, 7) is 2.99. The summed E-state index contributed by atoms with van der Waals surface area (Å²) in [7, 11) is 2.04. The first-order chi connectivity index (χ1) is 8.65. The summed E-state index contributed by atoms with van der Waals surface area (Å²) in [4.78, 5) is 17.9. The number of pyridine rings is 1. The number of hydrogen-bond donors (Lipinski definition) is 2. The molecule has 0 saturated carbocycles. The fourth-order valence-corrected chi connectivity index (χ4v) is 1.84. The average molecular weight is 250 g/mol. The fraction of sp³-hybridized carbons (Fsp3) is 0.500. The van der Waals surface area contributed by atoms with E-state index < -0.39 is 0 Å².